The van der Waals surface area contributed by atoms with Crippen molar-refractivity contribution < 1.29 is 14.5 Å². The molecule has 138 valence electrons. The molecule has 0 saturated heterocycles. The van der Waals surface area contributed by atoms with Crippen LogP contribution in [-0.2, 0) is 16.1 Å². The summed E-state index contributed by atoms with van der Waals surface area (Å²) in [5, 5.41) is 3.46. The molecule has 1 atom stereocenters. The molecule has 2 rings (SSSR count). The van der Waals surface area contributed by atoms with Gasteiger partial charge in [-0.15, -0.1) is 0 Å². The number of quaternary nitrogens is 1. The molecule has 0 bridgehead atoms. The number of para-hydroxylation sites is 1. The molecule has 0 heterocycles. The topological polar surface area (TPSA) is 53.9 Å². The molecule has 26 heavy (non-hydrogen) atoms. The molecule has 2 N–H and O–H groups in total. The Morgan fingerprint density at radius 2 is 1.62 bits per heavy atom. The van der Waals surface area contributed by atoms with E-state index in [1.165, 1.54) is 0 Å². The highest BCUT2D eigenvalue weighted by Gasteiger charge is 2.18. The van der Waals surface area contributed by atoms with Gasteiger partial charge in [0.25, 0.3) is 11.8 Å². The number of likely N-dealkylation sites (N-methyl/N-ethyl adjacent to an activating group) is 2. The summed E-state index contributed by atoms with van der Waals surface area (Å²) in [6.45, 7) is 0.883. The van der Waals surface area contributed by atoms with E-state index in [1.54, 1.807) is 37.2 Å². The molecule has 2 aromatic carbocycles. The Bertz CT molecular complexity index is 748. The summed E-state index contributed by atoms with van der Waals surface area (Å²) in [6, 6.07) is 14.8. The summed E-state index contributed by atoms with van der Waals surface area (Å²) in [7, 11) is 3.55. The number of hydrogen-bond acceptors (Lipinski definition) is 2. The molecule has 1 unspecified atom stereocenters. The monoisotopic (exact) mass is 394 g/mol. The molecular weight excluding hydrogens is 373 g/mol. The highest BCUT2D eigenvalue weighted by Crippen LogP contribution is 2.29. The quantitative estimate of drug-likeness (QED) is 0.755. The minimum absolute atomic E-state index is 0.0325. The lowest BCUT2D eigenvalue weighted by atomic mass is 10.2. The zero-order valence-electron chi connectivity index (χ0n) is 14.8. The van der Waals surface area contributed by atoms with E-state index in [1.807, 2.05) is 30.3 Å². The number of anilines is 1. The Balaban J connectivity index is 1.84. The number of nitrogens with zero attached hydrogens (tertiary/aromatic N) is 1. The normalized spacial score (nSPS) is 11.7. The van der Waals surface area contributed by atoms with Crippen LogP contribution in [0, 0.1) is 0 Å². The Labute approximate surface area is 163 Å². The predicted molar refractivity (Wildman–Crippen MR) is 105 cm³/mol. The van der Waals surface area contributed by atoms with Crippen molar-refractivity contribution >= 4 is 40.7 Å². The molecule has 0 radical (unpaired) electrons. The SMILES string of the molecule is CN(Cc1ccccc1)C(=O)C[NH+](C)CC(=O)Nc1c(Cl)cccc1Cl. The molecular formula is C19H22Cl2N3O2+. The lowest BCUT2D eigenvalue weighted by Gasteiger charge is -2.20. The van der Waals surface area contributed by atoms with Gasteiger partial charge in [0.15, 0.2) is 13.1 Å². The summed E-state index contributed by atoms with van der Waals surface area (Å²) in [5.41, 5.74) is 1.45. The fourth-order valence-corrected chi connectivity index (χ4v) is 2.97. The first-order valence-electron chi connectivity index (χ1n) is 8.20. The van der Waals surface area contributed by atoms with E-state index < -0.39 is 0 Å². The molecule has 0 aliphatic carbocycles. The second-order valence-electron chi connectivity index (χ2n) is 6.19. The predicted octanol–water partition coefficient (Wildman–Crippen LogP) is 2.11. The lowest BCUT2D eigenvalue weighted by molar-refractivity contribution is -0.862. The lowest BCUT2D eigenvalue weighted by Crippen LogP contribution is -3.11. The van der Waals surface area contributed by atoms with Crippen LogP contribution >= 0.6 is 23.2 Å². The number of carbonyl (C=O) groups excluding carboxylic acids is 2. The van der Waals surface area contributed by atoms with E-state index in [0.717, 1.165) is 10.5 Å². The zero-order chi connectivity index (χ0) is 19.1. The molecule has 5 nitrogen and oxygen atoms in total. The van der Waals surface area contributed by atoms with Gasteiger partial charge < -0.3 is 15.1 Å². The van der Waals surface area contributed by atoms with E-state index in [0.29, 0.717) is 22.3 Å². The van der Waals surface area contributed by atoms with Crippen LogP contribution in [0.25, 0.3) is 0 Å². The Morgan fingerprint density at radius 1 is 1.00 bits per heavy atom. The first-order chi connectivity index (χ1) is 12.4. The van der Waals surface area contributed by atoms with Gasteiger partial charge in [-0.25, -0.2) is 0 Å². The van der Waals surface area contributed by atoms with E-state index in [4.69, 9.17) is 23.2 Å². The van der Waals surface area contributed by atoms with Gasteiger partial charge >= 0.3 is 0 Å². The van der Waals surface area contributed by atoms with Crippen molar-refractivity contribution in [2.24, 2.45) is 0 Å². The van der Waals surface area contributed by atoms with Crippen LogP contribution < -0.4 is 10.2 Å². The second-order valence-corrected chi connectivity index (χ2v) is 7.01. The zero-order valence-corrected chi connectivity index (χ0v) is 16.3. The molecule has 0 aromatic heterocycles. The third-order valence-electron chi connectivity index (χ3n) is 3.83. The van der Waals surface area contributed by atoms with E-state index in [2.05, 4.69) is 5.32 Å². The average Bonchev–Trinajstić information content (AvgIpc) is 2.59. The molecule has 0 saturated carbocycles. The summed E-state index contributed by atoms with van der Waals surface area (Å²) >= 11 is 12.1. The summed E-state index contributed by atoms with van der Waals surface area (Å²) in [4.78, 5) is 27.0. The number of carbonyl (C=O) groups is 2. The van der Waals surface area contributed by atoms with Crippen LogP contribution in [0.2, 0.25) is 10.0 Å². The van der Waals surface area contributed by atoms with E-state index in [9.17, 15) is 9.59 Å². The largest absolute Gasteiger partial charge is 0.337 e. The average molecular weight is 395 g/mol. The van der Waals surface area contributed by atoms with Gasteiger partial charge in [0.05, 0.1) is 22.8 Å². The number of hydrogen-bond donors (Lipinski definition) is 2. The highest BCUT2D eigenvalue weighted by molar-refractivity contribution is 6.39. The standard InChI is InChI=1S/C19H21Cl2N3O2/c1-23(12-17(25)22-19-15(20)9-6-10-16(19)21)13-18(26)24(2)11-14-7-4-3-5-8-14/h3-10H,11-13H2,1-2H3,(H,22,25)/p+1. The fourth-order valence-electron chi connectivity index (χ4n) is 2.48. The second kappa shape index (κ2) is 9.57. The maximum atomic E-state index is 12.3. The van der Waals surface area contributed by atoms with Crippen LogP contribution in [0.3, 0.4) is 0 Å². The highest BCUT2D eigenvalue weighted by atomic mass is 35.5. The minimum Gasteiger partial charge on any atom is -0.337 e. The molecule has 2 amide bonds. The summed E-state index contributed by atoms with van der Waals surface area (Å²) < 4.78 is 0. The number of benzene rings is 2. The maximum absolute atomic E-state index is 12.3. The van der Waals surface area contributed by atoms with Crippen molar-refractivity contribution in [3.05, 3.63) is 64.1 Å². The first-order valence-corrected chi connectivity index (χ1v) is 8.95. The Morgan fingerprint density at radius 3 is 2.23 bits per heavy atom. The van der Waals surface area contributed by atoms with Gasteiger partial charge in [0.1, 0.15) is 0 Å². The number of nitrogens with one attached hydrogen (secondary N) is 2. The fraction of sp³-hybridized carbons (Fsp3) is 0.263. The first kappa shape index (κ1) is 20.2. The summed E-state index contributed by atoms with van der Waals surface area (Å²) in [6.07, 6.45) is 0. The van der Waals surface area contributed by atoms with Crippen LogP contribution in [0.5, 0.6) is 0 Å². The van der Waals surface area contributed by atoms with Crippen molar-refractivity contribution in [1.82, 2.24) is 4.90 Å². The van der Waals surface area contributed by atoms with Gasteiger partial charge in [0, 0.05) is 13.6 Å². The molecule has 0 aliphatic heterocycles. The Hall–Kier alpha value is -2.08. The minimum atomic E-state index is -0.254. The van der Waals surface area contributed by atoms with Crippen LogP contribution in [0.4, 0.5) is 5.69 Å². The number of halogens is 2. The van der Waals surface area contributed by atoms with Crippen molar-refractivity contribution in [2.45, 2.75) is 6.54 Å². The molecule has 2 aromatic rings. The van der Waals surface area contributed by atoms with Crippen molar-refractivity contribution in [3.8, 4) is 0 Å². The van der Waals surface area contributed by atoms with E-state index in [-0.39, 0.29) is 24.9 Å². The third-order valence-corrected chi connectivity index (χ3v) is 4.46. The van der Waals surface area contributed by atoms with Gasteiger partial charge in [0.2, 0.25) is 0 Å². The number of amides is 2. The van der Waals surface area contributed by atoms with Gasteiger partial charge in [-0.3, -0.25) is 9.59 Å². The van der Waals surface area contributed by atoms with Gasteiger partial charge in [-0.1, -0.05) is 59.6 Å². The summed E-state index contributed by atoms with van der Waals surface area (Å²) in [5.74, 6) is -0.286. The van der Waals surface area contributed by atoms with Crippen molar-refractivity contribution in [3.63, 3.8) is 0 Å². The maximum Gasteiger partial charge on any atom is 0.279 e. The third kappa shape index (κ3) is 6.02. The molecule has 0 spiro atoms. The molecule has 0 fully saturated rings. The van der Waals surface area contributed by atoms with Crippen LogP contribution in [0.1, 0.15) is 5.56 Å². The van der Waals surface area contributed by atoms with Gasteiger partial charge in [-0.05, 0) is 17.7 Å². The van der Waals surface area contributed by atoms with Gasteiger partial charge in [-0.2, -0.15) is 0 Å². The molecule has 0 aliphatic rings. The van der Waals surface area contributed by atoms with Crippen LogP contribution in [-0.4, -0.2) is 43.9 Å². The van der Waals surface area contributed by atoms with Crippen LogP contribution in [0.15, 0.2) is 48.5 Å². The molecule has 7 heteroatoms. The number of rotatable bonds is 7. The van der Waals surface area contributed by atoms with E-state index >= 15 is 0 Å². The van der Waals surface area contributed by atoms with Crippen molar-refractivity contribution in [2.75, 3.05) is 32.5 Å². The smallest absolute Gasteiger partial charge is 0.279 e. The van der Waals surface area contributed by atoms with Crippen molar-refractivity contribution in [1.29, 1.82) is 0 Å². The Kier molecular flexibility index (Phi) is 7.45.